The van der Waals surface area contributed by atoms with Crippen LogP contribution in [0.25, 0.3) is 0 Å². The summed E-state index contributed by atoms with van der Waals surface area (Å²) in [6.07, 6.45) is -1.46. The zero-order chi connectivity index (χ0) is 65.5. The van der Waals surface area contributed by atoms with Crippen LogP contribution in [-0.2, 0) is 62.3 Å². The first kappa shape index (κ1) is 78.5. The standard InChI is InChI=1S/C50H92N18O17S/c1-5-57-36(73)15-11-21-86-25-34(46(81)65-33(24-69)45(80)67-39(27(3)70)47(82)60-22-37(74)59-23-38(75)62-32(49(84)85)13-7-9-19-52)66-43(78)30(14-10-20-58-50(55)56)63-41(76)26(2)61-48(83)40(28(4)71)68-44(79)31(16-17-35(54)72)64-42(77)29(53)12-6-8-18-51/h26-34,39-40,69-71H,5-25,51-53H2,1-4H3,(H2,54,72)(H,57,73)(H,59,74)(H,60,82)(H,61,83)(H,62,75)(H,63,76)(H,64,77)(H,65,81)(H,66,78)(H,67,80)(H,68,79)(H,84,85)(H4,55,56,58)/t26-,27+,28+,29-,30-,31-,32-,33-,34-,39-,40-/m0/s1. The predicted molar refractivity (Wildman–Crippen MR) is 313 cm³/mol. The Kier molecular flexibility index (Phi) is 40.2. The molecule has 0 aromatic heterocycles. The number of nitrogens with one attached hydrogen (secondary N) is 11. The molecule has 0 saturated carbocycles. The lowest BCUT2D eigenvalue weighted by Gasteiger charge is -2.28. The topological polar surface area (TPSA) is 604 Å². The first-order chi connectivity index (χ1) is 40.5. The molecule has 0 aliphatic rings. The number of nitrogens with zero attached hydrogens (tertiary/aromatic N) is 1. The third kappa shape index (κ3) is 33.8. The van der Waals surface area contributed by atoms with E-state index in [1.807, 2.05) is 0 Å². The third-order valence-corrected chi connectivity index (χ3v) is 13.5. The fraction of sp³-hybridized carbons (Fsp3) is 0.720. The van der Waals surface area contributed by atoms with Crippen molar-refractivity contribution in [3.63, 3.8) is 0 Å². The lowest BCUT2D eigenvalue weighted by atomic mass is 10.1. The van der Waals surface area contributed by atoms with Gasteiger partial charge in [0.2, 0.25) is 70.9 Å². The fourth-order valence-electron chi connectivity index (χ4n) is 7.49. The Balaban J connectivity index is 6.49. The number of rotatable bonds is 46. The van der Waals surface area contributed by atoms with Crippen molar-refractivity contribution in [2.45, 2.75) is 171 Å². The van der Waals surface area contributed by atoms with Crippen LogP contribution in [0.4, 0.5) is 0 Å². The molecule has 0 fully saturated rings. The van der Waals surface area contributed by atoms with Crippen molar-refractivity contribution < 1.29 is 82.8 Å². The Hall–Kier alpha value is -7.51. The highest BCUT2D eigenvalue weighted by molar-refractivity contribution is 7.99. The number of guanidine groups is 1. The van der Waals surface area contributed by atoms with Gasteiger partial charge in [0, 0.05) is 31.7 Å². The number of unbranched alkanes of at least 4 members (excludes halogenated alkanes) is 2. The highest BCUT2D eigenvalue weighted by Gasteiger charge is 2.36. The Morgan fingerprint density at radius 1 is 0.500 bits per heavy atom. The normalized spacial score (nSPS) is 14.8. The van der Waals surface area contributed by atoms with Gasteiger partial charge in [-0.3, -0.25) is 62.5 Å². The maximum atomic E-state index is 14.2. The summed E-state index contributed by atoms with van der Waals surface area (Å²) >= 11 is 1.09. The molecular formula is C50H92N18O17S. The first-order valence-electron chi connectivity index (χ1n) is 28.0. The maximum absolute atomic E-state index is 14.2. The second-order valence-corrected chi connectivity index (χ2v) is 21.0. The van der Waals surface area contributed by atoms with Crippen LogP contribution in [0.1, 0.15) is 105 Å². The van der Waals surface area contributed by atoms with Crippen molar-refractivity contribution in [1.29, 1.82) is 0 Å². The van der Waals surface area contributed by atoms with Crippen LogP contribution in [0.2, 0.25) is 0 Å². The SMILES string of the molecule is CCNC(=O)CCCSC[C@H](NC(=O)[C@H](CCCN=C(N)N)NC(=O)[C@H](C)NC(=O)[C@@H](NC(=O)[C@H](CCC(N)=O)NC(=O)[C@@H](N)CCCCN)[C@@H](C)O)C(=O)N[C@@H](CO)C(=O)N[C@H](C(=O)NCC(=O)NCC(=O)N[C@@H](CCCCN)C(=O)O)[C@@H](C)O. The number of carbonyl (C=O) groups excluding carboxylic acids is 12. The third-order valence-electron chi connectivity index (χ3n) is 12.3. The van der Waals surface area contributed by atoms with Crippen LogP contribution in [0, 0.1) is 0 Å². The van der Waals surface area contributed by atoms with Gasteiger partial charge in [-0.05, 0) is 104 Å². The van der Waals surface area contributed by atoms with Crippen LogP contribution >= 0.6 is 11.8 Å². The molecule has 0 spiro atoms. The lowest BCUT2D eigenvalue weighted by Crippen LogP contribution is -2.62. The van der Waals surface area contributed by atoms with E-state index < -0.39 is 157 Å². The van der Waals surface area contributed by atoms with E-state index in [1.54, 1.807) is 6.92 Å². The van der Waals surface area contributed by atoms with E-state index in [0.717, 1.165) is 25.6 Å². The molecule has 0 aromatic rings. The molecule has 0 aromatic carbocycles. The summed E-state index contributed by atoms with van der Waals surface area (Å²) in [4.78, 5) is 173. The zero-order valence-electron chi connectivity index (χ0n) is 49.1. The van der Waals surface area contributed by atoms with Gasteiger partial charge in [-0.15, -0.1) is 0 Å². The molecule has 35 nitrogen and oxygen atoms in total. The molecule has 0 rings (SSSR count). The summed E-state index contributed by atoms with van der Waals surface area (Å²) < 4.78 is 0. The van der Waals surface area contributed by atoms with Gasteiger partial charge in [-0.1, -0.05) is 6.42 Å². The van der Waals surface area contributed by atoms with Crippen molar-refractivity contribution >= 4 is 94.6 Å². The molecular weight excluding hydrogens is 1160 g/mol. The smallest absolute Gasteiger partial charge is 0.326 e. The molecule has 36 heteroatoms. The predicted octanol–water partition coefficient (Wildman–Crippen LogP) is -9.49. The molecule has 12 amide bonds. The van der Waals surface area contributed by atoms with Gasteiger partial charge in [-0.2, -0.15) is 11.8 Å². The minimum Gasteiger partial charge on any atom is -0.480 e. The minimum atomic E-state index is -1.87. The van der Waals surface area contributed by atoms with Crippen molar-refractivity contribution in [3.8, 4) is 0 Å². The number of primary amides is 1. The molecule has 27 N–H and O–H groups in total. The average Bonchev–Trinajstić information content (AvgIpc) is 2.60. The number of amides is 12. The fourth-order valence-corrected chi connectivity index (χ4v) is 8.47. The van der Waals surface area contributed by atoms with E-state index in [1.165, 1.54) is 6.92 Å². The van der Waals surface area contributed by atoms with Gasteiger partial charge in [0.1, 0.15) is 48.3 Å². The second kappa shape index (κ2) is 44.0. The van der Waals surface area contributed by atoms with Gasteiger partial charge in [0.25, 0.3) is 0 Å². The number of aliphatic imine (C=N–C) groups is 1. The van der Waals surface area contributed by atoms with Crippen molar-refractivity contribution in [2.75, 3.05) is 57.4 Å². The number of hydrogen-bond acceptors (Lipinski definition) is 21. The van der Waals surface area contributed by atoms with Gasteiger partial charge >= 0.3 is 5.97 Å². The molecule has 0 radical (unpaired) electrons. The maximum Gasteiger partial charge on any atom is 0.326 e. The molecule has 0 saturated heterocycles. The second-order valence-electron chi connectivity index (χ2n) is 19.8. The van der Waals surface area contributed by atoms with E-state index in [-0.39, 0.29) is 74.9 Å². The van der Waals surface area contributed by atoms with Gasteiger partial charge in [-0.25, -0.2) is 4.79 Å². The van der Waals surface area contributed by atoms with Crippen LogP contribution in [0.15, 0.2) is 4.99 Å². The summed E-state index contributed by atoms with van der Waals surface area (Å²) in [5.41, 5.74) is 33.1. The summed E-state index contributed by atoms with van der Waals surface area (Å²) in [5, 5.41) is 66.5. The van der Waals surface area contributed by atoms with Gasteiger partial charge in [0.15, 0.2) is 5.96 Å². The van der Waals surface area contributed by atoms with E-state index in [0.29, 0.717) is 51.7 Å². The van der Waals surface area contributed by atoms with Crippen LogP contribution < -0.4 is 92.9 Å². The molecule has 0 bridgehead atoms. The van der Waals surface area contributed by atoms with Crippen molar-refractivity contribution in [2.24, 2.45) is 39.4 Å². The number of carbonyl (C=O) groups is 13. The molecule has 0 heterocycles. The first-order valence-corrected chi connectivity index (χ1v) is 29.2. The molecule has 86 heavy (non-hydrogen) atoms. The average molecular weight is 1250 g/mol. The van der Waals surface area contributed by atoms with Crippen molar-refractivity contribution in [3.05, 3.63) is 0 Å². The quantitative estimate of drug-likeness (QED) is 0.0153. The molecule has 0 unspecified atom stereocenters. The van der Waals surface area contributed by atoms with E-state index in [4.69, 9.17) is 34.4 Å². The Morgan fingerprint density at radius 3 is 1.57 bits per heavy atom. The summed E-state index contributed by atoms with van der Waals surface area (Å²) in [6.45, 7) is 3.55. The minimum absolute atomic E-state index is 0.0303. The number of aliphatic hydroxyl groups excluding tert-OH is 3. The molecule has 11 atom stereocenters. The number of carboxylic acids is 1. The molecule has 490 valence electrons. The van der Waals surface area contributed by atoms with Gasteiger partial charge in [0.05, 0.1) is 37.9 Å². The lowest BCUT2D eigenvalue weighted by molar-refractivity contribution is -0.142. The molecule has 0 aliphatic carbocycles. The van der Waals surface area contributed by atoms with Crippen molar-refractivity contribution in [1.82, 2.24) is 58.5 Å². The number of hydrogen-bond donors (Lipinski definition) is 21. The summed E-state index contributed by atoms with van der Waals surface area (Å²) in [5.74, 6) is -12.8. The zero-order valence-corrected chi connectivity index (χ0v) is 49.9. The van der Waals surface area contributed by atoms with Crippen LogP contribution in [-0.4, -0.2) is 227 Å². The van der Waals surface area contributed by atoms with Gasteiger partial charge < -0.3 is 113 Å². The largest absolute Gasteiger partial charge is 0.480 e. The highest BCUT2D eigenvalue weighted by atomic mass is 32.2. The molecule has 0 aliphatic heterocycles. The summed E-state index contributed by atoms with van der Waals surface area (Å²) in [6, 6.07) is -13.8. The van der Waals surface area contributed by atoms with E-state index >= 15 is 0 Å². The summed E-state index contributed by atoms with van der Waals surface area (Å²) in [7, 11) is 0. The van der Waals surface area contributed by atoms with E-state index in [2.05, 4.69) is 63.5 Å². The van der Waals surface area contributed by atoms with Crippen LogP contribution in [0.5, 0.6) is 0 Å². The Labute approximate surface area is 502 Å². The monoisotopic (exact) mass is 1250 g/mol. The van der Waals surface area contributed by atoms with Crippen LogP contribution in [0.3, 0.4) is 0 Å². The number of aliphatic hydroxyl groups is 3. The number of nitrogens with two attached hydrogens (primary N) is 6. The number of thioether (sulfide) groups is 1. The Bertz CT molecular complexity index is 2260. The number of aliphatic carboxylic acids is 1. The Morgan fingerprint density at radius 2 is 1.01 bits per heavy atom. The van der Waals surface area contributed by atoms with E-state index in [9.17, 15) is 82.8 Å². The number of carboxylic acid groups (broad SMARTS) is 1. The highest BCUT2D eigenvalue weighted by Crippen LogP contribution is 2.11.